The van der Waals surface area contributed by atoms with Crippen molar-refractivity contribution in [3.05, 3.63) is 65.2 Å². The van der Waals surface area contributed by atoms with Gasteiger partial charge in [-0.05, 0) is 49.6 Å². The highest BCUT2D eigenvalue weighted by atomic mass is 16.6. The molecule has 0 radical (unpaired) electrons. The Morgan fingerprint density at radius 1 is 1.07 bits per heavy atom. The van der Waals surface area contributed by atoms with E-state index in [1.807, 2.05) is 24.3 Å². The molecule has 0 aliphatic heterocycles. The number of hydrogen-bond acceptors (Lipinski definition) is 5. The molecular formula is C24H29NO5. The van der Waals surface area contributed by atoms with Crippen LogP contribution in [0.15, 0.2) is 48.5 Å². The van der Waals surface area contributed by atoms with Crippen LogP contribution in [0.5, 0.6) is 5.75 Å². The lowest BCUT2D eigenvalue weighted by Gasteiger charge is -2.32. The largest absolute Gasteiger partial charge is 0.508 e. The Morgan fingerprint density at radius 2 is 1.73 bits per heavy atom. The van der Waals surface area contributed by atoms with E-state index in [1.54, 1.807) is 49.9 Å². The summed E-state index contributed by atoms with van der Waals surface area (Å²) in [5.41, 5.74) is 2.17. The van der Waals surface area contributed by atoms with Crippen LogP contribution in [0.25, 0.3) is 0 Å². The summed E-state index contributed by atoms with van der Waals surface area (Å²) >= 11 is 0. The molecule has 0 fully saturated rings. The average molecular weight is 411 g/mol. The second-order valence-electron chi connectivity index (χ2n) is 8.69. The van der Waals surface area contributed by atoms with E-state index >= 15 is 0 Å². The van der Waals surface area contributed by atoms with E-state index in [-0.39, 0.29) is 31.0 Å². The van der Waals surface area contributed by atoms with Crippen molar-refractivity contribution in [2.45, 2.75) is 64.3 Å². The molecule has 30 heavy (non-hydrogen) atoms. The lowest BCUT2D eigenvalue weighted by molar-refractivity contribution is -0.156. The topological polar surface area (TPSA) is 87.1 Å². The smallest absolute Gasteiger partial charge is 0.306 e. The van der Waals surface area contributed by atoms with Gasteiger partial charge in [-0.2, -0.15) is 0 Å². The Balaban J connectivity index is 1.82. The van der Waals surface area contributed by atoms with Crippen molar-refractivity contribution in [1.29, 1.82) is 0 Å². The normalized spacial score (nSPS) is 18.0. The van der Waals surface area contributed by atoms with Crippen molar-refractivity contribution in [2.24, 2.45) is 0 Å². The second kappa shape index (κ2) is 8.88. The number of rotatable bonds is 6. The van der Waals surface area contributed by atoms with Crippen LogP contribution in [0.4, 0.5) is 0 Å². The first-order chi connectivity index (χ1) is 14.1. The third kappa shape index (κ3) is 5.39. The molecule has 6 heteroatoms. The Morgan fingerprint density at radius 3 is 2.40 bits per heavy atom. The van der Waals surface area contributed by atoms with E-state index in [0.29, 0.717) is 6.42 Å². The van der Waals surface area contributed by atoms with Crippen LogP contribution in [0.3, 0.4) is 0 Å². The summed E-state index contributed by atoms with van der Waals surface area (Å²) in [6, 6.07) is 13.9. The Kier molecular flexibility index (Phi) is 6.46. The minimum absolute atomic E-state index is 0.00160. The first kappa shape index (κ1) is 21.8. The summed E-state index contributed by atoms with van der Waals surface area (Å²) in [5.74, 6) is -0.504. The molecule has 2 aromatic carbocycles. The summed E-state index contributed by atoms with van der Waals surface area (Å²) in [7, 11) is 0. The molecule has 0 saturated carbocycles. The summed E-state index contributed by atoms with van der Waals surface area (Å²) in [6.45, 7) is 5.63. The molecule has 0 bridgehead atoms. The van der Waals surface area contributed by atoms with Gasteiger partial charge in [-0.25, -0.2) is 0 Å². The second-order valence-corrected chi connectivity index (χ2v) is 8.69. The Labute approximate surface area is 177 Å². The van der Waals surface area contributed by atoms with Gasteiger partial charge in [0.05, 0.1) is 18.6 Å². The molecule has 0 aromatic heterocycles. The number of aliphatic hydroxyl groups excluding tert-OH is 1. The molecule has 0 spiro atoms. The van der Waals surface area contributed by atoms with Crippen molar-refractivity contribution in [3.8, 4) is 5.75 Å². The molecule has 2 aromatic rings. The number of nitrogens with zero attached hydrogens (tertiary/aromatic N) is 1. The van der Waals surface area contributed by atoms with E-state index in [1.165, 1.54) is 0 Å². The van der Waals surface area contributed by atoms with Crippen LogP contribution in [-0.2, 0) is 27.3 Å². The molecule has 6 nitrogen and oxygen atoms in total. The highest BCUT2D eigenvalue weighted by Crippen LogP contribution is 2.37. The first-order valence-corrected chi connectivity index (χ1v) is 10.2. The summed E-state index contributed by atoms with van der Waals surface area (Å²) in [4.78, 5) is 26.9. The van der Waals surface area contributed by atoms with Crippen molar-refractivity contribution >= 4 is 11.9 Å². The maximum Gasteiger partial charge on any atom is 0.306 e. The summed E-state index contributed by atoms with van der Waals surface area (Å²) < 4.78 is 5.32. The van der Waals surface area contributed by atoms with E-state index in [4.69, 9.17) is 4.74 Å². The zero-order valence-corrected chi connectivity index (χ0v) is 17.7. The van der Waals surface area contributed by atoms with E-state index in [0.717, 1.165) is 16.7 Å². The molecule has 2 atom stereocenters. The molecule has 0 saturated heterocycles. The number of esters is 1. The Hall–Kier alpha value is -2.86. The average Bonchev–Trinajstić information content (AvgIpc) is 3.00. The maximum absolute atomic E-state index is 13.2. The number of fused-ring (bicyclic) bond motifs is 1. The quantitative estimate of drug-likeness (QED) is 0.711. The number of hydrogen-bond donors (Lipinski definition) is 2. The molecule has 1 amide bonds. The minimum atomic E-state index is -0.718. The van der Waals surface area contributed by atoms with Gasteiger partial charge in [0.25, 0.3) is 0 Å². The van der Waals surface area contributed by atoms with Gasteiger partial charge in [-0.1, -0.05) is 36.4 Å². The highest BCUT2D eigenvalue weighted by Gasteiger charge is 2.37. The van der Waals surface area contributed by atoms with Gasteiger partial charge in [-0.15, -0.1) is 0 Å². The van der Waals surface area contributed by atoms with Gasteiger partial charge >= 0.3 is 5.97 Å². The molecule has 1 aliphatic rings. The van der Waals surface area contributed by atoms with Gasteiger partial charge in [0, 0.05) is 19.4 Å². The van der Waals surface area contributed by atoms with Crippen molar-refractivity contribution in [2.75, 3.05) is 0 Å². The number of amides is 1. The predicted octanol–water partition coefficient (Wildman–Crippen LogP) is 3.50. The first-order valence-electron chi connectivity index (χ1n) is 10.2. The van der Waals surface area contributed by atoms with Crippen LogP contribution in [0.1, 0.15) is 56.3 Å². The van der Waals surface area contributed by atoms with E-state index in [9.17, 15) is 19.8 Å². The van der Waals surface area contributed by atoms with Gasteiger partial charge in [-0.3, -0.25) is 9.59 Å². The summed E-state index contributed by atoms with van der Waals surface area (Å²) in [6.07, 6.45) is -0.262. The number of phenols is 1. The fourth-order valence-electron chi connectivity index (χ4n) is 3.81. The number of ether oxygens (including phenoxy) is 1. The van der Waals surface area contributed by atoms with Gasteiger partial charge in [0.2, 0.25) is 5.91 Å². The van der Waals surface area contributed by atoms with Crippen molar-refractivity contribution in [1.82, 2.24) is 4.90 Å². The summed E-state index contributed by atoms with van der Waals surface area (Å²) in [5, 5.41) is 20.3. The van der Waals surface area contributed by atoms with Gasteiger partial charge < -0.3 is 19.8 Å². The molecule has 0 heterocycles. The number of aromatic hydroxyl groups is 1. The van der Waals surface area contributed by atoms with Crippen LogP contribution in [0.2, 0.25) is 0 Å². The van der Waals surface area contributed by atoms with Crippen LogP contribution >= 0.6 is 0 Å². The molecule has 3 rings (SSSR count). The maximum atomic E-state index is 13.2. The van der Waals surface area contributed by atoms with E-state index in [2.05, 4.69) is 0 Å². The van der Waals surface area contributed by atoms with Crippen molar-refractivity contribution < 1.29 is 24.5 Å². The highest BCUT2D eigenvalue weighted by molar-refractivity contribution is 5.82. The number of phenolic OH excluding ortho intramolecular Hbond substituents is 1. The zero-order valence-electron chi connectivity index (χ0n) is 17.7. The standard InChI is InChI=1S/C24H29NO5/c1-24(2,3)30-22(29)13-12-21(28)25(15-16-8-10-18(26)11-9-16)23-19-7-5-4-6-17(19)14-20(23)27/h4-11,20,23,26-27H,12-15H2,1-3H3/t20-,23+/m1/s1. The van der Waals surface area contributed by atoms with Crippen molar-refractivity contribution in [3.63, 3.8) is 0 Å². The lowest BCUT2D eigenvalue weighted by atomic mass is 10.0. The predicted molar refractivity (Wildman–Crippen MR) is 113 cm³/mol. The number of benzene rings is 2. The van der Waals surface area contributed by atoms with Gasteiger partial charge in [0.15, 0.2) is 0 Å². The fourth-order valence-corrected chi connectivity index (χ4v) is 3.81. The molecule has 2 N–H and O–H groups in total. The van der Waals surface area contributed by atoms with Crippen LogP contribution < -0.4 is 0 Å². The third-order valence-corrected chi connectivity index (χ3v) is 5.08. The lowest BCUT2D eigenvalue weighted by Crippen LogP contribution is -2.39. The Bertz CT molecular complexity index is 901. The number of carbonyl (C=O) groups is 2. The third-order valence-electron chi connectivity index (χ3n) is 5.08. The molecule has 160 valence electrons. The number of aliphatic hydroxyl groups is 1. The van der Waals surface area contributed by atoms with Crippen LogP contribution in [-0.4, -0.2) is 38.7 Å². The molecule has 0 unspecified atom stereocenters. The minimum Gasteiger partial charge on any atom is -0.508 e. The van der Waals surface area contributed by atoms with Gasteiger partial charge in [0.1, 0.15) is 11.4 Å². The fraction of sp³-hybridized carbons (Fsp3) is 0.417. The molecule has 1 aliphatic carbocycles. The van der Waals surface area contributed by atoms with E-state index < -0.39 is 23.7 Å². The van der Waals surface area contributed by atoms with Crippen LogP contribution in [0, 0.1) is 0 Å². The zero-order chi connectivity index (χ0) is 21.9. The molecular weight excluding hydrogens is 382 g/mol. The monoisotopic (exact) mass is 411 g/mol. The SMILES string of the molecule is CC(C)(C)OC(=O)CCC(=O)N(Cc1ccc(O)cc1)[C@H]1c2ccccc2C[C@H]1O. The number of carbonyl (C=O) groups excluding carboxylic acids is 2.